The molecule has 3 aromatic carbocycles. The molecule has 0 radical (unpaired) electrons. The highest BCUT2D eigenvalue weighted by Gasteiger charge is 2.27. The second kappa shape index (κ2) is 17.3. The smallest absolute Gasteiger partial charge is 0.277 e. The van der Waals surface area contributed by atoms with Crippen LogP contribution in [0, 0.1) is 16.7 Å². The number of halogens is 1. The average Bonchev–Trinajstić information content (AvgIpc) is 3.91. The van der Waals surface area contributed by atoms with Gasteiger partial charge in [0.2, 0.25) is 0 Å². The van der Waals surface area contributed by atoms with Gasteiger partial charge in [-0.3, -0.25) is 4.79 Å². The Balaban J connectivity index is 0.935. The normalized spacial score (nSPS) is 15.3. The number of fused-ring (bicyclic) bond motifs is 2. The van der Waals surface area contributed by atoms with Crippen molar-refractivity contribution in [3.63, 3.8) is 0 Å². The molecule has 0 spiro atoms. The minimum Gasteiger partial charge on any atom is -0.455 e. The van der Waals surface area contributed by atoms with Crippen LogP contribution in [0.15, 0.2) is 108 Å². The molecule has 312 valence electrons. The molecule has 0 bridgehead atoms. The standard InChI is InChI=1S/C44H42ClN9O6S/c45-32-5-3-30(4-6-32)42-50-38-2-1-16-47-43(38)54(42)27-29-12-18-53(19-13-29)33-7-9-36(40(23-33)60-34-22-31-11-17-46-41(31)49-26-34)44(55)52-61(57,58)35-8-10-37(39(24-35)51-56)48-25-28-14-20-59-21-15-28/h1-11,16-17,22-24,26,28-29,48H,12-15,18-21,25,27H2,(H,46,49)(H,52,55)/p+1. The van der Waals surface area contributed by atoms with Crippen molar-refractivity contribution in [2.24, 2.45) is 11.8 Å². The maximum absolute atomic E-state index is 13.9. The predicted molar refractivity (Wildman–Crippen MR) is 233 cm³/mol. The summed E-state index contributed by atoms with van der Waals surface area (Å²) in [5, 5.41) is 6.54. The largest absolute Gasteiger partial charge is 0.455 e. The van der Waals surface area contributed by atoms with Crippen molar-refractivity contribution in [2.75, 3.05) is 43.1 Å². The lowest BCUT2D eigenvalue weighted by molar-refractivity contribution is -0.378. The summed E-state index contributed by atoms with van der Waals surface area (Å²) in [5.74, 6) is 1.17. The first kappa shape index (κ1) is 40.1. The third-order valence-electron chi connectivity index (χ3n) is 11.4. The lowest BCUT2D eigenvalue weighted by Gasteiger charge is -2.34. The van der Waals surface area contributed by atoms with Gasteiger partial charge in [0.1, 0.15) is 34.2 Å². The predicted octanol–water partition coefficient (Wildman–Crippen LogP) is 6.77. The number of amides is 1. The van der Waals surface area contributed by atoms with Gasteiger partial charge in [-0.25, -0.2) is 28.1 Å². The number of nitrogens with zero attached hydrogens (tertiary/aromatic N) is 5. The summed E-state index contributed by atoms with van der Waals surface area (Å²) in [6.07, 6.45) is 8.63. The van der Waals surface area contributed by atoms with E-state index in [-0.39, 0.29) is 21.9 Å². The summed E-state index contributed by atoms with van der Waals surface area (Å²) < 4.78 is 43.5. The third-order valence-corrected chi connectivity index (χ3v) is 13.0. The van der Waals surface area contributed by atoms with E-state index in [2.05, 4.69) is 34.5 Å². The molecule has 6 heterocycles. The Labute approximate surface area is 356 Å². The van der Waals surface area contributed by atoms with E-state index in [1.165, 1.54) is 24.4 Å². The van der Waals surface area contributed by atoms with Crippen LogP contribution in [0.2, 0.25) is 5.02 Å². The highest BCUT2D eigenvalue weighted by atomic mass is 35.5. The van der Waals surface area contributed by atoms with E-state index in [9.17, 15) is 18.1 Å². The highest BCUT2D eigenvalue weighted by Crippen LogP contribution is 2.35. The minimum absolute atomic E-state index is 0.00233. The van der Waals surface area contributed by atoms with Crippen molar-refractivity contribution < 1.29 is 27.9 Å². The van der Waals surface area contributed by atoms with E-state index in [0.29, 0.717) is 53.7 Å². The van der Waals surface area contributed by atoms with Crippen molar-refractivity contribution in [3.05, 3.63) is 119 Å². The summed E-state index contributed by atoms with van der Waals surface area (Å²) >= 11 is 6.20. The zero-order valence-electron chi connectivity index (χ0n) is 33.0. The van der Waals surface area contributed by atoms with Crippen molar-refractivity contribution in [3.8, 4) is 22.9 Å². The molecule has 15 nitrogen and oxygen atoms in total. The number of rotatable bonds is 13. The van der Waals surface area contributed by atoms with Gasteiger partial charge in [-0.2, -0.15) is 0 Å². The van der Waals surface area contributed by atoms with Gasteiger partial charge in [0.15, 0.2) is 5.65 Å². The first-order valence-electron chi connectivity index (χ1n) is 20.2. The number of carbonyl (C=O) groups is 1. The Morgan fingerprint density at radius 1 is 0.951 bits per heavy atom. The fourth-order valence-corrected chi connectivity index (χ4v) is 9.15. The number of hydrogen-bond acceptors (Lipinski definition) is 11. The molecular formula is C44H43ClN9O6S+. The zero-order valence-corrected chi connectivity index (χ0v) is 34.6. The molecule has 17 heteroatoms. The van der Waals surface area contributed by atoms with Crippen LogP contribution in [-0.4, -0.2) is 71.7 Å². The van der Waals surface area contributed by atoms with E-state index >= 15 is 0 Å². The fraction of sp³-hybridized carbons (Fsp3) is 0.273. The fourth-order valence-electron chi connectivity index (χ4n) is 8.03. The number of aromatic nitrogens is 5. The minimum atomic E-state index is -4.42. The molecule has 0 atom stereocenters. The van der Waals surface area contributed by atoms with Crippen LogP contribution in [0.5, 0.6) is 11.5 Å². The highest BCUT2D eigenvalue weighted by molar-refractivity contribution is 7.90. The second-order valence-corrected chi connectivity index (χ2v) is 17.5. The summed E-state index contributed by atoms with van der Waals surface area (Å²) in [5.41, 5.74) is 4.62. The molecular weight excluding hydrogens is 818 g/mol. The van der Waals surface area contributed by atoms with Crippen LogP contribution in [0.1, 0.15) is 36.0 Å². The summed E-state index contributed by atoms with van der Waals surface area (Å²) in [6.45, 7) is 4.16. The number of benzene rings is 3. The SMILES string of the molecule is O=[NH+]c1cc(S(=O)(=O)NC(=O)c2ccc(N3CCC(Cn4c(-c5ccc(Cl)cc5)nc5cccnc54)CC3)cc2Oc2cnc3[nH]ccc3c2)ccc1NCC1CCOCC1. The molecule has 4 N–H and O–H groups in total. The van der Waals surface area contributed by atoms with Crippen LogP contribution < -0.4 is 24.9 Å². The van der Waals surface area contributed by atoms with Crippen molar-refractivity contribution in [2.45, 2.75) is 37.1 Å². The van der Waals surface area contributed by atoms with Gasteiger partial charge in [0.25, 0.3) is 21.6 Å². The topological polar surface area (TPSA) is 187 Å². The molecule has 0 aliphatic carbocycles. The monoisotopic (exact) mass is 860 g/mol. The van der Waals surface area contributed by atoms with E-state index in [0.717, 1.165) is 78.9 Å². The first-order valence-corrected chi connectivity index (χ1v) is 22.0. The van der Waals surface area contributed by atoms with Crippen LogP contribution in [-0.2, 0) is 21.3 Å². The maximum Gasteiger partial charge on any atom is 0.277 e. The molecule has 2 aliphatic rings. The van der Waals surface area contributed by atoms with E-state index in [1.54, 1.807) is 36.7 Å². The van der Waals surface area contributed by atoms with E-state index < -0.39 is 15.9 Å². The van der Waals surface area contributed by atoms with Gasteiger partial charge >= 0.3 is 0 Å². The number of aromatic amines is 1. The number of anilines is 2. The first-order chi connectivity index (χ1) is 29.7. The Hall–Kier alpha value is -6.36. The van der Waals surface area contributed by atoms with Gasteiger partial charge in [0, 0.05) is 95.7 Å². The molecule has 7 aromatic rings. The number of imidazole rings is 1. The van der Waals surface area contributed by atoms with Crippen molar-refractivity contribution in [1.29, 1.82) is 0 Å². The lowest BCUT2D eigenvalue weighted by atomic mass is 9.96. The zero-order chi connectivity index (χ0) is 41.9. The van der Waals surface area contributed by atoms with Gasteiger partial charge in [-0.15, -0.1) is 0 Å². The maximum atomic E-state index is 13.9. The molecule has 2 saturated heterocycles. The number of sulfonamides is 1. The van der Waals surface area contributed by atoms with Crippen LogP contribution in [0.3, 0.4) is 0 Å². The number of H-pyrrole nitrogens is 1. The van der Waals surface area contributed by atoms with Gasteiger partial charge in [-0.05, 0) is 110 Å². The third kappa shape index (κ3) is 8.78. The van der Waals surface area contributed by atoms with Crippen LogP contribution in [0.4, 0.5) is 17.1 Å². The molecule has 2 fully saturated rings. The molecule has 4 aromatic heterocycles. The quantitative estimate of drug-likeness (QED) is 0.0959. The molecule has 1 amide bonds. The Morgan fingerprint density at radius 3 is 2.57 bits per heavy atom. The number of pyridine rings is 2. The Kier molecular flexibility index (Phi) is 11.4. The molecule has 0 saturated carbocycles. The Bertz CT molecular complexity index is 2830. The lowest BCUT2D eigenvalue weighted by Crippen LogP contribution is -2.56. The summed E-state index contributed by atoms with van der Waals surface area (Å²) in [4.78, 5) is 44.9. The van der Waals surface area contributed by atoms with Gasteiger partial charge in [0.05, 0.1) is 16.7 Å². The van der Waals surface area contributed by atoms with Crippen molar-refractivity contribution in [1.82, 2.24) is 29.2 Å². The number of nitrogens with one attached hydrogen (secondary N) is 4. The number of nitroso groups, excluding NO2 is 1. The number of carbonyl (C=O) groups excluding carboxylic acids is 1. The molecule has 9 rings (SSSR count). The number of ether oxygens (including phenoxy) is 2. The average molecular weight is 861 g/mol. The van der Waals surface area contributed by atoms with E-state index in [4.69, 9.17) is 26.1 Å². The Morgan fingerprint density at radius 2 is 1.77 bits per heavy atom. The molecule has 2 aliphatic heterocycles. The number of hydrogen-bond donors (Lipinski definition) is 4. The van der Waals surface area contributed by atoms with E-state index in [1.807, 2.05) is 47.6 Å². The number of piperidine rings is 1. The van der Waals surface area contributed by atoms with Crippen molar-refractivity contribution >= 4 is 66.8 Å². The van der Waals surface area contributed by atoms with Crippen LogP contribution in [0.25, 0.3) is 33.6 Å². The molecule has 61 heavy (non-hydrogen) atoms. The van der Waals surface area contributed by atoms with Gasteiger partial charge in [-0.1, -0.05) is 11.6 Å². The second-order valence-electron chi connectivity index (χ2n) is 15.4. The summed E-state index contributed by atoms with van der Waals surface area (Å²) in [7, 11) is -4.42. The summed E-state index contributed by atoms with van der Waals surface area (Å²) in [6, 6.07) is 24.4. The van der Waals surface area contributed by atoms with Crippen LogP contribution >= 0.6 is 11.6 Å². The van der Waals surface area contributed by atoms with Gasteiger partial charge < -0.3 is 29.2 Å². The molecule has 0 unspecified atom stereocenters.